The van der Waals surface area contributed by atoms with Gasteiger partial charge in [-0.25, -0.2) is 14.2 Å². The van der Waals surface area contributed by atoms with Crippen LogP contribution in [0.25, 0.3) is 0 Å². The first-order valence-corrected chi connectivity index (χ1v) is 5.70. The van der Waals surface area contributed by atoms with Gasteiger partial charge in [-0.3, -0.25) is 0 Å². The molecule has 5 heteroatoms. The first kappa shape index (κ1) is 13.4. The number of hydrogen-bond donors (Lipinski definition) is 2. The zero-order valence-corrected chi connectivity index (χ0v) is 10.0. The third-order valence-corrected chi connectivity index (χ3v) is 2.46. The van der Waals surface area contributed by atoms with Crippen molar-refractivity contribution in [3.63, 3.8) is 0 Å². The maximum absolute atomic E-state index is 12.9. The molecular formula is C12H17FN2O2. The van der Waals surface area contributed by atoms with Crippen molar-refractivity contribution in [1.29, 1.82) is 0 Å². The number of aromatic nitrogens is 1. The highest BCUT2D eigenvalue weighted by Gasteiger charge is 2.14. The Morgan fingerprint density at radius 1 is 1.65 bits per heavy atom. The summed E-state index contributed by atoms with van der Waals surface area (Å²) < 4.78 is 12.9. The highest BCUT2D eigenvalue weighted by molar-refractivity contribution is 5.93. The van der Waals surface area contributed by atoms with Crippen LogP contribution >= 0.6 is 0 Å². The monoisotopic (exact) mass is 240 g/mol. The Hall–Kier alpha value is -1.65. The van der Waals surface area contributed by atoms with E-state index in [4.69, 9.17) is 5.11 Å². The first-order chi connectivity index (χ1) is 8.04. The Kier molecular flexibility index (Phi) is 4.87. The molecule has 1 aromatic heterocycles. The van der Waals surface area contributed by atoms with Crippen molar-refractivity contribution in [2.75, 3.05) is 5.32 Å². The average molecular weight is 240 g/mol. The normalized spacial score (nSPS) is 12.2. The lowest BCUT2D eigenvalue weighted by Gasteiger charge is -2.15. The Balaban J connectivity index is 2.79. The van der Waals surface area contributed by atoms with Crippen LogP contribution in [0.2, 0.25) is 0 Å². The van der Waals surface area contributed by atoms with E-state index in [-0.39, 0.29) is 17.4 Å². The van der Waals surface area contributed by atoms with Gasteiger partial charge in [0.25, 0.3) is 0 Å². The largest absolute Gasteiger partial charge is 0.478 e. The molecule has 0 saturated heterocycles. The number of aromatic carboxylic acids is 1. The summed E-state index contributed by atoms with van der Waals surface area (Å²) >= 11 is 0. The van der Waals surface area contributed by atoms with Crippen LogP contribution in [0.1, 0.15) is 43.5 Å². The standard InChI is InChI=1S/C12H17FN2O2/c1-3-4-5-8(2)15-11-10(12(16)17)6-9(13)7-14-11/h6-8H,3-5H2,1-2H3,(H,14,15)(H,16,17). The number of nitrogens with zero attached hydrogens (tertiary/aromatic N) is 1. The summed E-state index contributed by atoms with van der Waals surface area (Å²) in [6, 6.07) is 1.09. The molecular weight excluding hydrogens is 223 g/mol. The fourth-order valence-corrected chi connectivity index (χ4v) is 1.53. The van der Waals surface area contributed by atoms with Crippen molar-refractivity contribution in [3.8, 4) is 0 Å². The molecule has 0 fully saturated rings. The lowest BCUT2D eigenvalue weighted by molar-refractivity contribution is 0.0697. The van der Waals surface area contributed by atoms with Gasteiger partial charge in [0.15, 0.2) is 0 Å². The molecule has 0 aliphatic heterocycles. The lowest BCUT2D eigenvalue weighted by Crippen LogP contribution is -2.18. The van der Waals surface area contributed by atoms with Gasteiger partial charge in [-0.1, -0.05) is 19.8 Å². The van der Waals surface area contributed by atoms with Crippen LogP contribution in [0, 0.1) is 5.82 Å². The zero-order chi connectivity index (χ0) is 12.8. The molecule has 0 aliphatic rings. The van der Waals surface area contributed by atoms with Gasteiger partial charge < -0.3 is 10.4 Å². The molecule has 17 heavy (non-hydrogen) atoms. The van der Waals surface area contributed by atoms with Crippen LogP contribution in [-0.2, 0) is 0 Å². The molecule has 0 aromatic carbocycles. The van der Waals surface area contributed by atoms with Gasteiger partial charge in [-0.15, -0.1) is 0 Å². The van der Waals surface area contributed by atoms with E-state index in [2.05, 4.69) is 17.2 Å². The maximum atomic E-state index is 12.9. The molecule has 1 unspecified atom stereocenters. The van der Waals surface area contributed by atoms with Gasteiger partial charge in [0.1, 0.15) is 17.2 Å². The van der Waals surface area contributed by atoms with E-state index < -0.39 is 11.8 Å². The highest BCUT2D eigenvalue weighted by atomic mass is 19.1. The fourth-order valence-electron chi connectivity index (χ4n) is 1.53. The van der Waals surface area contributed by atoms with E-state index >= 15 is 0 Å². The summed E-state index contributed by atoms with van der Waals surface area (Å²) in [7, 11) is 0. The summed E-state index contributed by atoms with van der Waals surface area (Å²) in [5.41, 5.74) is -0.131. The maximum Gasteiger partial charge on any atom is 0.339 e. The number of carboxylic acid groups (broad SMARTS) is 1. The van der Waals surface area contributed by atoms with Crippen molar-refractivity contribution in [3.05, 3.63) is 23.6 Å². The van der Waals surface area contributed by atoms with Crippen molar-refractivity contribution >= 4 is 11.8 Å². The molecule has 0 bridgehead atoms. The number of anilines is 1. The molecule has 1 aromatic rings. The smallest absolute Gasteiger partial charge is 0.339 e. The van der Waals surface area contributed by atoms with Gasteiger partial charge in [-0.05, 0) is 19.4 Å². The molecule has 0 aliphatic carbocycles. The highest BCUT2D eigenvalue weighted by Crippen LogP contribution is 2.16. The third kappa shape index (κ3) is 4.01. The summed E-state index contributed by atoms with van der Waals surface area (Å²) in [5.74, 6) is -1.60. The number of carbonyl (C=O) groups is 1. The summed E-state index contributed by atoms with van der Waals surface area (Å²) in [4.78, 5) is 14.7. The van der Waals surface area contributed by atoms with Crippen LogP contribution in [0.15, 0.2) is 12.3 Å². The van der Waals surface area contributed by atoms with Gasteiger partial charge in [0.05, 0.1) is 6.20 Å². The van der Waals surface area contributed by atoms with Crippen LogP contribution in [0.3, 0.4) is 0 Å². The van der Waals surface area contributed by atoms with E-state index in [0.29, 0.717) is 0 Å². The van der Waals surface area contributed by atoms with Crippen molar-refractivity contribution < 1.29 is 14.3 Å². The molecule has 1 heterocycles. The number of halogens is 1. The lowest BCUT2D eigenvalue weighted by atomic mass is 10.1. The van der Waals surface area contributed by atoms with E-state index in [0.717, 1.165) is 31.5 Å². The van der Waals surface area contributed by atoms with Gasteiger partial charge >= 0.3 is 5.97 Å². The minimum Gasteiger partial charge on any atom is -0.478 e. The van der Waals surface area contributed by atoms with E-state index in [1.165, 1.54) is 0 Å². The van der Waals surface area contributed by atoms with Crippen LogP contribution in [-0.4, -0.2) is 22.1 Å². The van der Waals surface area contributed by atoms with Gasteiger partial charge in [0.2, 0.25) is 0 Å². The van der Waals surface area contributed by atoms with E-state index in [9.17, 15) is 9.18 Å². The van der Waals surface area contributed by atoms with Crippen LogP contribution in [0.4, 0.5) is 10.2 Å². The molecule has 4 nitrogen and oxygen atoms in total. The summed E-state index contributed by atoms with van der Waals surface area (Å²) in [6.45, 7) is 4.04. The van der Waals surface area contributed by atoms with Crippen LogP contribution in [0.5, 0.6) is 0 Å². The molecule has 1 atom stereocenters. The predicted molar refractivity (Wildman–Crippen MR) is 63.8 cm³/mol. The molecule has 2 N–H and O–H groups in total. The van der Waals surface area contributed by atoms with Gasteiger partial charge in [0, 0.05) is 6.04 Å². The molecule has 0 spiro atoms. The number of rotatable bonds is 6. The SMILES string of the molecule is CCCCC(C)Nc1ncc(F)cc1C(=O)O. The Morgan fingerprint density at radius 2 is 2.35 bits per heavy atom. The molecule has 0 amide bonds. The second-order valence-electron chi connectivity index (χ2n) is 4.04. The Labute approximate surface area is 99.9 Å². The second-order valence-corrected chi connectivity index (χ2v) is 4.04. The first-order valence-electron chi connectivity index (χ1n) is 5.70. The number of pyridine rings is 1. The topological polar surface area (TPSA) is 62.2 Å². The number of carboxylic acids is 1. The molecule has 94 valence electrons. The van der Waals surface area contributed by atoms with Crippen molar-refractivity contribution in [2.45, 2.75) is 39.2 Å². The van der Waals surface area contributed by atoms with Crippen molar-refractivity contribution in [2.24, 2.45) is 0 Å². The summed E-state index contributed by atoms with van der Waals surface area (Å²) in [5, 5.41) is 11.9. The fraction of sp³-hybridized carbons (Fsp3) is 0.500. The Bertz CT molecular complexity index is 396. The van der Waals surface area contributed by atoms with Gasteiger partial charge in [-0.2, -0.15) is 0 Å². The number of unbranched alkanes of at least 4 members (excludes halogenated alkanes) is 1. The number of hydrogen-bond acceptors (Lipinski definition) is 3. The third-order valence-electron chi connectivity index (χ3n) is 2.46. The Morgan fingerprint density at radius 3 is 2.94 bits per heavy atom. The molecule has 0 radical (unpaired) electrons. The minimum atomic E-state index is -1.18. The average Bonchev–Trinajstić information content (AvgIpc) is 2.28. The quantitative estimate of drug-likeness (QED) is 0.802. The zero-order valence-electron chi connectivity index (χ0n) is 10.0. The molecule has 0 saturated carbocycles. The predicted octanol–water partition coefficient (Wildman–Crippen LogP) is 2.91. The van der Waals surface area contributed by atoms with E-state index in [1.807, 2.05) is 6.92 Å². The minimum absolute atomic E-state index is 0.117. The molecule has 1 rings (SSSR count). The van der Waals surface area contributed by atoms with E-state index in [1.54, 1.807) is 0 Å². The number of nitrogens with one attached hydrogen (secondary N) is 1. The van der Waals surface area contributed by atoms with Crippen molar-refractivity contribution in [1.82, 2.24) is 4.98 Å². The second kappa shape index (κ2) is 6.18. The van der Waals surface area contributed by atoms with Crippen LogP contribution < -0.4 is 5.32 Å². The summed E-state index contributed by atoms with van der Waals surface area (Å²) in [6.07, 6.45) is 4.07.